The van der Waals surface area contributed by atoms with Crippen molar-refractivity contribution in [2.75, 3.05) is 0 Å². The third-order valence-corrected chi connectivity index (χ3v) is 3.96. The lowest BCUT2D eigenvalue weighted by molar-refractivity contribution is -0.574. The van der Waals surface area contributed by atoms with Crippen LogP contribution in [-0.4, -0.2) is 22.1 Å². The summed E-state index contributed by atoms with van der Waals surface area (Å²) in [6.07, 6.45) is 3.39. The predicted molar refractivity (Wildman–Crippen MR) is 83.8 cm³/mol. The zero-order valence-corrected chi connectivity index (χ0v) is 14.9. The van der Waals surface area contributed by atoms with Gasteiger partial charge in [-0.05, 0) is 24.7 Å². The summed E-state index contributed by atoms with van der Waals surface area (Å²) >= 11 is 0. The fourth-order valence-electron chi connectivity index (χ4n) is 1.97. The van der Waals surface area contributed by atoms with Gasteiger partial charge in [0.25, 0.3) is 0 Å². The van der Waals surface area contributed by atoms with Gasteiger partial charge in [0.1, 0.15) is 0 Å². The first kappa shape index (κ1) is 21.8. The minimum absolute atomic E-state index is 0.408. The Hall–Kier alpha value is -0.240. The second-order valence-electron chi connectivity index (χ2n) is 6.74. The molecule has 2 N–H and O–H groups in total. The third-order valence-electron chi connectivity index (χ3n) is 3.96. The average molecular weight is 322 g/mol. The summed E-state index contributed by atoms with van der Waals surface area (Å²) in [6, 6.07) is 0. The van der Waals surface area contributed by atoms with Gasteiger partial charge in [-0.3, -0.25) is 0 Å². The van der Waals surface area contributed by atoms with E-state index in [1.165, 1.54) is 0 Å². The molecule has 2 atom stereocenters. The maximum absolute atomic E-state index is 9.24. The Bertz CT molecular complexity index is 244. The van der Waals surface area contributed by atoms with Crippen LogP contribution in [0.25, 0.3) is 0 Å². The first-order chi connectivity index (χ1) is 10.3. The van der Waals surface area contributed by atoms with Gasteiger partial charge in [0.05, 0.1) is 0 Å². The largest absolute Gasteiger partial charge is 0.249 e. The molecule has 0 spiro atoms. The molecule has 0 fully saturated rings. The minimum Gasteiger partial charge on any atom is -0.249 e. The van der Waals surface area contributed by atoms with E-state index >= 15 is 0 Å². The van der Waals surface area contributed by atoms with E-state index in [-0.39, 0.29) is 0 Å². The van der Waals surface area contributed by atoms with Crippen LogP contribution in [0.1, 0.15) is 80.1 Å². The Morgan fingerprint density at radius 3 is 1.23 bits per heavy atom. The van der Waals surface area contributed by atoms with E-state index in [1.54, 1.807) is 0 Å². The second-order valence-corrected chi connectivity index (χ2v) is 6.74. The zero-order valence-electron chi connectivity index (χ0n) is 14.9. The van der Waals surface area contributed by atoms with Gasteiger partial charge >= 0.3 is 0 Å². The summed E-state index contributed by atoms with van der Waals surface area (Å²) in [5, 5.41) is 18.5. The third kappa shape index (κ3) is 7.35. The van der Waals surface area contributed by atoms with Crippen LogP contribution in [0.3, 0.4) is 0 Å². The lowest BCUT2D eigenvalue weighted by Gasteiger charge is -2.34. The first-order valence-electron chi connectivity index (χ1n) is 8.30. The molecule has 0 saturated heterocycles. The maximum atomic E-state index is 9.24. The van der Waals surface area contributed by atoms with E-state index in [9.17, 15) is 10.5 Å². The van der Waals surface area contributed by atoms with Crippen molar-refractivity contribution >= 4 is 0 Å². The van der Waals surface area contributed by atoms with Crippen molar-refractivity contribution in [1.29, 1.82) is 0 Å². The Kier molecular flexibility index (Phi) is 10.4. The van der Waals surface area contributed by atoms with Gasteiger partial charge in [0.15, 0.2) is 0 Å². The molecule has 0 aromatic carbocycles. The molecule has 0 bridgehead atoms. The lowest BCUT2D eigenvalue weighted by atomic mass is 10.0. The van der Waals surface area contributed by atoms with Crippen LogP contribution in [-0.2, 0) is 19.6 Å². The van der Waals surface area contributed by atoms with Crippen molar-refractivity contribution in [3.63, 3.8) is 0 Å². The van der Waals surface area contributed by atoms with Crippen molar-refractivity contribution in [3.8, 4) is 0 Å². The smallest absolute Gasteiger partial charge is 0.233 e. The number of hydrogen-bond acceptors (Lipinski definition) is 6. The Morgan fingerprint density at radius 2 is 1.05 bits per heavy atom. The topological polar surface area (TPSA) is 77.4 Å². The van der Waals surface area contributed by atoms with Crippen molar-refractivity contribution < 1.29 is 30.1 Å². The van der Waals surface area contributed by atoms with Gasteiger partial charge < -0.3 is 0 Å². The van der Waals surface area contributed by atoms with E-state index < -0.39 is 11.6 Å². The minimum atomic E-state index is -1.25. The van der Waals surface area contributed by atoms with Gasteiger partial charge in [-0.15, -0.1) is 0 Å². The zero-order chi connectivity index (χ0) is 17.2. The Morgan fingerprint density at radius 1 is 0.727 bits per heavy atom. The van der Waals surface area contributed by atoms with Gasteiger partial charge in [-0.1, -0.05) is 41.5 Å². The fourth-order valence-corrected chi connectivity index (χ4v) is 1.97. The molecule has 0 heterocycles. The predicted octanol–water partition coefficient (Wildman–Crippen LogP) is 5.00. The SMILES string of the molecule is CCC(CCC(C)C)(OO)OOC(CC)(CCC(C)C)OO. The molecule has 134 valence electrons. The van der Waals surface area contributed by atoms with Crippen LogP contribution in [0, 0.1) is 11.8 Å². The number of rotatable bonds is 13. The molecule has 0 radical (unpaired) electrons. The molecule has 6 heteroatoms. The second kappa shape index (κ2) is 10.5. The fraction of sp³-hybridized carbons (Fsp3) is 1.00. The van der Waals surface area contributed by atoms with E-state index in [0.29, 0.717) is 37.5 Å². The molecule has 0 aliphatic rings. The van der Waals surface area contributed by atoms with Crippen LogP contribution in [0.4, 0.5) is 0 Å². The van der Waals surface area contributed by atoms with Crippen LogP contribution >= 0.6 is 0 Å². The maximum Gasteiger partial charge on any atom is 0.233 e. The number of hydrogen-bond donors (Lipinski definition) is 2. The highest BCUT2D eigenvalue weighted by Gasteiger charge is 2.39. The molecular formula is C16H34O6. The van der Waals surface area contributed by atoms with Crippen LogP contribution < -0.4 is 0 Å². The summed E-state index contributed by atoms with van der Waals surface area (Å²) in [6.45, 7) is 12.0. The molecular weight excluding hydrogens is 288 g/mol. The van der Waals surface area contributed by atoms with Crippen LogP contribution in [0.15, 0.2) is 0 Å². The molecule has 0 amide bonds. The highest BCUT2D eigenvalue weighted by Crippen LogP contribution is 2.32. The monoisotopic (exact) mass is 322 g/mol. The molecule has 0 aliphatic carbocycles. The van der Waals surface area contributed by atoms with Gasteiger partial charge in [-0.2, -0.15) is 9.78 Å². The summed E-state index contributed by atoms with van der Waals surface area (Å²) in [5.41, 5.74) is 0. The summed E-state index contributed by atoms with van der Waals surface area (Å²) < 4.78 is 0. The van der Waals surface area contributed by atoms with Crippen molar-refractivity contribution in [1.82, 2.24) is 0 Å². The summed E-state index contributed by atoms with van der Waals surface area (Å²) in [4.78, 5) is 19.9. The first-order valence-corrected chi connectivity index (χ1v) is 8.30. The Labute approximate surface area is 134 Å². The van der Waals surface area contributed by atoms with Crippen molar-refractivity contribution in [2.24, 2.45) is 11.8 Å². The Balaban J connectivity index is 4.80. The van der Waals surface area contributed by atoms with E-state index in [1.807, 2.05) is 13.8 Å². The lowest BCUT2D eigenvalue weighted by Crippen LogP contribution is -2.42. The molecule has 0 aromatic rings. The van der Waals surface area contributed by atoms with Gasteiger partial charge in [0.2, 0.25) is 11.6 Å². The molecule has 0 aliphatic heterocycles. The molecule has 0 saturated carbocycles. The highest BCUT2D eigenvalue weighted by molar-refractivity contribution is 4.69. The summed E-state index contributed by atoms with van der Waals surface area (Å²) in [7, 11) is 0. The molecule has 6 nitrogen and oxygen atoms in total. The quantitative estimate of drug-likeness (QED) is 0.282. The highest BCUT2D eigenvalue weighted by atomic mass is 17.3. The molecule has 0 rings (SSSR count). The van der Waals surface area contributed by atoms with Crippen LogP contribution in [0.2, 0.25) is 0 Å². The van der Waals surface area contributed by atoms with E-state index in [4.69, 9.17) is 9.78 Å². The van der Waals surface area contributed by atoms with Gasteiger partial charge in [0, 0.05) is 25.7 Å². The normalized spacial score (nSPS) is 17.7. The molecule has 0 aromatic heterocycles. The standard InChI is InChI=1S/C16H34O6/c1-7-15(19-17,11-9-13(3)4)21-22-16(8-2,20-18)12-10-14(5)6/h13-14,17-18H,7-12H2,1-6H3. The van der Waals surface area contributed by atoms with Crippen molar-refractivity contribution in [3.05, 3.63) is 0 Å². The molecule has 22 heavy (non-hydrogen) atoms. The van der Waals surface area contributed by atoms with Crippen molar-refractivity contribution in [2.45, 2.75) is 91.6 Å². The van der Waals surface area contributed by atoms with Crippen LogP contribution in [0.5, 0.6) is 0 Å². The van der Waals surface area contributed by atoms with Gasteiger partial charge in [-0.25, -0.2) is 20.3 Å². The average Bonchev–Trinajstić information content (AvgIpc) is 2.51. The molecule has 2 unspecified atom stereocenters. The van der Waals surface area contributed by atoms with E-state index in [2.05, 4.69) is 37.5 Å². The van der Waals surface area contributed by atoms with E-state index in [0.717, 1.165) is 12.8 Å². The summed E-state index contributed by atoms with van der Waals surface area (Å²) in [5.74, 6) is -1.62.